The maximum atomic E-state index is 9.56. The number of benzene rings is 2. The highest BCUT2D eigenvalue weighted by atomic mass is 32.1. The van der Waals surface area contributed by atoms with E-state index in [1.165, 1.54) is 28.0 Å². The summed E-state index contributed by atoms with van der Waals surface area (Å²) in [6.07, 6.45) is 1.93. The lowest BCUT2D eigenvalue weighted by Crippen LogP contribution is -1.83. The van der Waals surface area contributed by atoms with Crippen LogP contribution in [0.5, 0.6) is 0 Å². The van der Waals surface area contributed by atoms with E-state index in [-0.39, 0.29) is 0 Å². The number of rotatable bonds is 4. The van der Waals surface area contributed by atoms with Crippen LogP contribution in [0.15, 0.2) is 71.4 Å². The average molecular weight is 385 g/mol. The van der Waals surface area contributed by atoms with E-state index in [2.05, 4.69) is 55.5 Å². The number of hydrogen-bond acceptors (Lipinski definition) is 4. The second-order valence-electron chi connectivity index (χ2n) is 6.12. The largest absolute Gasteiger partial charge is 0.235 e. The summed E-state index contributed by atoms with van der Waals surface area (Å²) in [5, 5.41) is 14.4. The summed E-state index contributed by atoms with van der Waals surface area (Å²) >= 11 is 3.15. The topological polar surface area (TPSA) is 36.7 Å². The van der Waals surface area contributed by atoms with Gasteiger partial charge in [0.15, 0.2) is 0 Å². The van der Waals surface area contributed by atoms with Crippen LogP contribution in [-0.2, 0) is 0 Å². The lowest BCUT2D eigenvalue weighted by atomic mass is 10.0. The minimum atomic E-state index is 0.609. The van der Waals surface area contributed by atoms with E-state index in [1.54, 1.807) is 11.3 Å². The molecule has 0 aliphatic carbocycles. The first kappa shape index (κ1) is 17.4. The van der Waals surface area contributed by atoms with Gasteiger partial charge in [-0.25, -0.2) is 4.98 Å². The van der Waals surface area contributed by atoms with Gasteiger partial charge in [0.1, 0.15) is 11.1 Å². The molecule has 0 saturated heterocycles. The van der Waals surface area contributed by atoms with Gasteiger partial charge in [-0.2, -0.15) is 5.26 Å². The molecule has 4 heteroatoms. The zero-order chi connectivity index (χ0) is 18.6. The molecular formula is C23H16N2S2. The molecule has 130 valence electrons. The van der Waals surface area contributed by atoms with Gasteiger partial charge in [0.2, 0.25) is 0 Å². The summed E-state index contributed by atoms with van der Waals surface area (Å²) in [6.45, 7) is 2.05. The van der Waals surface area contributed by atoms with Crippen LogP contribution in [0.4, 0.5) is 0 Å². The molecule has 2 nitrogen and oxygen atoms in total. The van der Waals surface area contributed by atoms with Gasteiger partial charge in [-0.15, -0.1) is 22.7 Å². The predicted molar refractivity (Wildman–Crippen MR) is 116 cm³/mol. The number of aryl methyl sites for hydroxylation is 1. The molecular weight excluding hydrogens is 368 g/mol. The Morgan fingerprint density at radius 1 is 0.926 bits per heavy atom. The van der Waals surface area contributed by atoms with Crippen molar-refractivity contribution in [2.24, 2.45) is 0 Å². The third-order valence-electron chi connectivity index (χ3n) is 4.32. The summed E-state index contributed by atoms with van der Waals surface area (Å²) in [4.78, 5) is 5.80. The van der Waals surface area contributed by atoms with Crippen molar-refractivity contribution in [2.75, 3.05) is 0 Å². The molecule has 2 aromatic heterocycles. The molecule has 0 saturated carbocycles. The Balaban J connectivity index is 1.62. The lowest BCUT2D eigenvalue weighted by molar-refractivity contribution is 1.37. The van der Waals surface area contributed by atoms with Gasteiger partial charge in [-0.3, -0.25) is 0 Å². The monoisotopic (exact) mass is 384 g/mol. The van der Waals surface area contributed by atoms with Gasteiger partial charge >= 0.3 is 0 Å². The van der Waals surface area contributed by atoms with E-state index in [4.69, 9.17) is 4.98 Å². The Labute approximate surface area is 166 Å². The summed E-state index contributed by atoms with van der Waals surface area (Å²) < 4.78 is 0. The highest BCUT2D eigenvalue weighted by molar-refractivity contribution is 7.12. The molecule has 4 rings (SSSR count). The molecule has 0 aliphatic rings. The van der Waals surface area contributed by atoms with Crippen LogP contribution in [0, 0.1) is 18.3 Å². The Kier molecular flexibility index (Phi) is 4.97. The van der Waals surface area contributed by atoms with Crippen LogP contribution in [-0.4, -0.2) is 4.98 Å². The van der Waals surface area contributed by atoms with Crippen molar-refractivity contribution < 1.29 is 0 Å². The predicted octanol–water partition coefficient (Wildman–Crippen LogP) is 6.91. The van der Waals surface area contributed by atoms with Gasteiger partial charge in [0, 0.05) is 15.8 Å². The van der Waals surface area contributed by atoms with Crippen molar-refractivity contribution >= 4 is 34.3 Å². The average Bonchev–Trinajstić information content (AvgIpc) is 3.36. The first-order valence-electron chi connectivity index (χ1n) is 8.52. The quantitative estimate of drug-likeness (QED) is 0.358. The fraction of sp³-hybridized carbons (Fsp3) is 0.0435. The molecule has 2 aromatic carbocycles. The third-order valence-corrected chi connectivity index (χ3v) is 6.16. The molecule has 0 bridgehead atoms. The second kappa shape index (κ2) is 7.71. The van der Waals surface area contributed by atoms with Crippen LogP contribution < -0.4 is 0 Å². The third kappa shape index (κ3) is 3.75. The highest BCUT2D eigenvalue weighted by Crippen LogP contribution is 2.30. The van der Waals surface area contributed by atoms with Gasteiger partial charge in [-0.05, 0) is 41.1 Å². The number of thiophene rings is 1. The SMILES string of the molecule is Cc1ccsc1C=C(C#N)c1nc(-c2ccc(-c3ccccc3)cc2)cs1. The van der Waals surface area contributed by atoms with Crippen LogP contribution in [0.1, 0.15) is 15.4 Å². The minimum Gasteiger partial charge on any atom is -0.235 e. The van der Waals surface area contributed by atoms with E-state index in [1.807, 2.05) is 35.0 Å². The van der Waals surface area contributed by atoms with Gasteiger partial charge in [0.05, 0.1) is 11.3 Å². The Morgan fingerprint density at radius 2 is 1.63 bits per heavy atom. The van der Waals surface area contributed by atoms with E-state index in [9.17, 15) is 5.26 Å². The molecule has 0 unspecified atom stereocenters. The van der Waals surface area contributed by atoms with E-state index < -0.39 is 0 Å². The zero-order valence-corrected chi connectivity index (χ0v) is 16.3. The summed E-state index contributed by atoms with van der Waals surface area (Å²) in [5.74, 6) is 0. The van der Waals surface area contributed by atoms with Crippen molar-refractivity contribution in [3.8, 4) is 28.5 Å². The van der Waals surface area contributed by atoms with E-state index in [0.29, 0.717) is 5.57 Å². The smallest absolute Gasteiger partial charge is 0.134 e. The molecule has 0 N–H and O–H groups in total. The molecule has 4 aromatic rings. The Morgan fingerprint density at radius 3 is 2.30 bits per heavy atom. The molecule has 0 spiro atoms. The molecule has 27 heavy (non-hydrogen) atoms. The molecule has 0 atom stereocenters. The number of nitriles is 1. The maximum absolute atomic E-state index is 9.56. The standard InChI is InChI=1S/C23H16N2S2/c1-16-11-12-26-22(16)13-20(14-24)23-25-21(15-27-23)19-9-7-18(8-10-19)17-5-3-2-4-6-17/h2-13,15H,1H3. The first-order valence-corrected chi connectivity index (χ1v) is 10.3. The van der Waals surface area contributed by atoms with Crippen LogP contribution in [0.25, 0.3) is 34.0 Å². The second-order valence-corrected chi connectivity index (χ2v) is 7.92. The van der Waals surface area contributed by atoms with Crippen molar-refractivity contribution in [2.45, 2.75) is 6.92 Å². The summed E-state index contributed by atoms with van der Waals surface area (Å²) in [6, 6.07) is 23.1. The highest BCUT2D eigenvalue weighted by Gasteiger charge is 2.10. The van der Waals surface area contributed by atoms with E-state index in [0.717, 1.165) is 21.1 Å². The number of allylic oxidation sites excluding steroid dienone is 1. The molecule has 2 heterocycles. The van der Waals surface area contributed by atoms with E-state index >= 15 is 0 Å². The molecule has 0 amide bonds. The lowest BCUT2D eigenvalue weighted by Gasteiger charge is -2.02. The van der Waals surface area contributed by atoms with Gasteiger partial charge in [-0.1, -0.05) is 54.6 Å². The Bertz CT molecular complexity index is 1130. The number of aromatic nitrogens is 1. The maximum Gasteiger partial charge on any atom is 0.134 e. The van der Waals surface area contributed by atoms with Crippen LogP contribution >= 0.6 is 22.7 Å². The zero-order valence-electron chi connectivity index (χ0n) is 14.7. The summed E-state index contributed by atoms with van der Waals surface area (Å²) in [7, 11) is 0. The number of thiazole rings is 1. The molecule has 0 radical (unpaired) electrons. The van der Waals surface area contributed by atoms with Crippen molar-refractivity contribution in [1.29, 1.82) is 5.26 Å². The number of nitrogens with zero attached hydrogens (tertiary/aromatic N) is 2. The molecule has 0 aliphatic heterocycles. The Hall–Kier alpha value is -3.00. The number of hydrogen-bond donors (Lipinski definition) is 0. The van der Waals surface area contributed by atoms with Crippen LogP contribution in [0.2, 0.25) is 0 Å². The minimum absolute atomic E-state index is 0.609. The van der Waals surface area contributed by atoms with Crippen LogP contribution in [0.3, 0.4) is 0 Å². The normalized spacial score (nSPS) is 11.3. The first-order chi connectivity index (χ1) is 13.2. The van der Waals surface area contributed by atoms with Gasteiger partial charge < -0.3 is 0 Å². The fourth-order valence-electron chi connectivity index (χ4n) is 2.80. The van der Waals surface area contributed by atoms with Crippen molar-refractivity contribution in [3.05, 3.63) is 86.9 Å². The fourth-order valence-corrected chi connectivity index (χ4v) is 4.45. The summed E-state index contributed by atoms with van der Waals surface area (Å²) in [5.41, 5.74) is 6.13. The van der Waals surface area contributed by atoms with Gasteiger partial charge in [0.25, 0.3) is 0 Å². The molecule has 0 fully saturated rings. The van der Waals surface area contributed by atoms with Crippen molar-refractivity contribution in [1.82, 2.24) is 4.98 Å². The van der Waals surface area contributed by atoms with Crippen molar-refractivity contribution in [3.63, 3.8) is 0 Å².